The second-order valence-electron chi connectivity index (χ2n) is 5.22. The molecule has 2 aromatic heterocycles. The molecule has 0 aliphatic heterocycles. The summed E-state index contributed by atoms with van der Waals surface area (Å²) in [4.78, 5) is 32.8. The van der Waals surface area contributed by atoms with Gasteiger partial charge in [-0.2, -0.15) is 0 Å². The molecule has 0 aliphatic carbocycles. The number of aromatic nitrogens is 3. The first-order chi connectivity index (χ1) is 12.0. The molecule has 0 atom stereocenters. The molecule has 0 bridgehead atoms. The van der Waals surface area contributed by atoms with Gasteiger partial charge in [0.1, 0.15) is 0 Å². The number of rotatable bonds is 5. The Balaban J connectivity index is 1.88. The van der Waals surface area contributed by atoms with E-state index in [-0.39, 0.29) is 11.5 Å². The van der Waals surface area contributed by atoms with Gasteiger partial charge in [0.25, 0.3) is 5.56 Å². The summed E-state index contributed by atoms with van der Waals surface area (Å²) in [7, 11) is 0. The summed E-state index contributed by atoms with van der Waals surface area (Å²) in [5, 5.41) is 6.40. The molecule has 0 fully saturated rings. The van der Waals surface area contributed by atoms with Crippen molar-refractivity contribution in [1.82, 2.24) is 14.5 Å². The van der Waals surface area contributed by atoms with Crippen LogP contribution in [0.1, 0.15) is 19.5 Å². The minimum Gasteiger partial charge on any atom is -0.302 e. The third kappa shape index (κ3) is 4.10. The number of benzene rings is 1. The molecular formula is C16H15BrN4O2S2. The van der Waals surface area contributed by atoms with Crippen molar-refractivity contribution in [2.24, 2.45) is 0 Å². The molecule has 2 heterocycles. The van der Waals surface area contributed by atoms with E-state index in [2.05, 4.69) is 31.2 Å². The summed E-state index contributed by atoms with van der Waals surface area (Å²) in [5.41, 5.74) is 1.47. The quantitative estimate of drug-likeness (QED) is 0.482. The fraction of sp³-hybridized carbons (Fsp3) is 0.250. The van der Waals surface area contributed by atoms with Crippen molar-refractivity contribution in [3.8, 4) is 0 Å². The minimum atomic E-state index is -0.143. The lowest BCUT2D eigenvalue weighted by atomic mass is 10.2. The summed E-state index contributed by atoms with van der Waals surface area (Å²) in [6.45, 7) is 3.92. The molecule has 1 N–H and O–H groups in total. The average Bonchev–Trinajstić information content (AvgIpc) is 3.00. The third-order valence-corrected chi connectivity index (χ3v) is 5.69. The van der Waals surface area contributed by atoms with Crippen LogP contribution in [0.15, 0.2) is 38.0 Å². The van der Waals surface area contributed by atoms with Crippen LogP contribution in [0.4, 0.5) is 5.13 Å². The van der Waals surface area contributed by atoms with Gasteiger partial charge < -0.3 is 5.32 Å². The summed E-state index contributed by atoms with van der Waals surface area (Å²) in [6.07, 6.45) is 0. The molecule has 1 aromatic carbocycles. The largest absolute Gasteiger partial charge is 0.302 e. The zero-order valence-electron chi connectivity index (χ0n) is 13.6. The smallest absolute Gasteiger partial charge is 0.262 e. The van der Waals surface area contributed by atoms with Gasteiger partial charge in [0.15, 0.2) is 10.3 Å². The van der Waals surface area contributed by atoms with Crippen molar-refractivity contribution in [3.05, 3.63) is 44.1 Å². The highest BCUT2D eigenvalue weighted by molar-refractivity contribution is 9.10. The number of thioether (sulfide) groups is 1. The number of anilines is 1. The second kappa shape index (κ2) is 7.67. The van der Waals surface area contributed by atoms with Crippen molar-refractivity contribution in [1.29, 1.82) is 0 Å². The van der Waals surface area contributed by atoms with E-state index in [0.29, 0.717) is 33.5 Å². The van der Waals surface area contributed by atoms with Crippen molar-refractivity contribution in [2.75, 3.05) is 5.32 Å². The van der Waals surface area contributed by atoms with Gasteiger partial charge in [-0.3, -0.25) is 14.2 Å². The Morgan fingerprint density at radius 1 is 1.40 bits per heavy atom. The molecule has 1 amide bonds. The van der Waals surface area contributed by atoms with Crippen molar-refractivity contribution < 1.29 is 4.79 Å². The number of carbonyl (C=O) groups excluding carboxylic acids is 1. The van der Waals surface area contributed by atoms with Crippen molar-refractivity contribution in [2.45, 2.75) is 31.3 Å². The predicted octanol–water partition coefficient (Wildman–Crippen LogP) is 3.89. The molecule has 0 radical (unpaired) electrons. The van der Waals surface area contributed by atoms with E-state index >= 15 is 0 Å². The van der Waals surface area contributed by atoms with E-state index in [1.165, 1.54) is 30.0 Å². The first-order valence-corrected chi connectivity index (χ1v) is 10.2. The standard InChI is InChI=1S/C16H15BrN4O2S2/c1-3-21-14(23)12-6-10(17)4-5-13(12)20-16(21)25-8-11-7-24-15(19-11)18-9(2)22/h4-7H,3,8H2,1-2H3,(H,18,19,22). The minimum absolute atomic E-state index is 0.0477. The van der Waals surface area contributed by atoms with Crippen LogP contribution in [0.2, 0.25) is 0 Å². The van der Waals surface area contributed by atoms with Crippen molar-refractivity contribution >= 4 is 61.0 Å². The molecule has 3 aromatic rings. The first-order valence-electron chi connectivity index (χ1n) is 7.53. The van der Waals surface area contributed by atoms with Crippen molar-refractivity contribution in [3.63, 3.8) is 0 Å². The van der Waals surface area contributed by atoms with Crippen LogP contribution in [0, 0.1) is 0 Å². The molecule has 6 nitrogen and oxygen atoms in total. The molecule has 9 heteroatoms. The Bertz CT molecular complexity index is 999. The number of carbonyl (C=O) groups is 1. The summed E-state index contributed by atoms with van der Waals surface area (Å²) in [6, 6.07) is 5.51. The topological polar surface area (TPSA) is 76.9 Å². The zero-order valence-corrected chi connectivity index (χ0v) is 16.8. The molecule has 0 aliphatic rings. The van der Waals surface area contributed by atoms with Gasteiger partial charge in [-0.1, -0.05) is 27.7 Å². The van der Waals surface area contributed by atoms with Gasteiger partial charge in [0.2, 0.25) is 5.91 Å². The summed E-state index contributed by atoms with van der Waals surface area (Å²) >= 11 is 6.24. The van der Waals surface area contributed by atoms with E-state index in [4.69, 9.17) is 0 Å². The maximum atomic E-state index is 12.7. The Morgan fingerprint density at radius 2 is 2.20 bits per heavy atom. The van der Waals surface area contributed by atoms with Crippen LogP contribution in [0.3, 0.4) is 0 Å². The number of thiazole rings is 1. The van der Waals surface area contributed by atoms with Gasteiger partial charge >= 0.3 is 0 Å². The number of nitrogens with zero attached hydrogens (tertiary/aromatic N) is 3. The van der Waals surface area contributed by atoms with E-state index in [1.807, 2.05) is 24.4 Å². The first kappa shape index (κ1) is 18.1. The normalized spacial score (nSPS) is 11.0. The summed E-state index contributed by atoms with van der Waals surface area (Å²) in [5.74, 6) is 0.431. The fourth-order valence-electron chi connectivity index (χ4n) is 2.28. The van der Waals surface area contributed by atoms with E-state index in [9.17, 15) is 9.59 Å². The number of hydrogen-bond donors (Lipinski definition) is 1. The van der Waals surface area contributed by atoms with E-state index in [1.54, 1.807) is 10.6 Å². The number of nitrogens with one attached hydrogen (secondary N) is 1. The Hall–Kier alpha value is -1.71. The maximum absolute atomic E-state index is 12.7. The molecule has 0 saturated heterocycles. The van der Waals surface area contributed by atoms with Gasteiger partial charge in [0.05, 0.1) is 16.6 Å². The van der Waals surface area contributed by atoms with E-state index in [0.717, 1.165) is 10.2 Å². The molecule has 3 rings (SSSR count). The fourth-order valence-corrected chi connectivity index (χ4v) is 4.46. The van der Waals surface area contributed by atoms with Crippen LogP contribution in [-0.4, -0.2) is 20.4 Å². The average molecular weight is 439 g/mol. The molecule has 25 heavy (non-hydrogen) atoms. The van der Waals surface area contributed by atoms with Crippen LogP contribution >= 0.6 is 39.0 Å². The van der Waals surface area contributed by atoms with Crippen LogP contribution in [0.5, 0.6) is 0 Å². The van der Waals surface area contributed by atoms with Gasteiger partial charge in [0, 0.05) is 29.1 Å². The second-order valence-corrected chi connectivity index (χ2v) is 7.94. The SMILES string of the molecule is CCn1c(SCc2csc(NC(C)=O)n2)nc2ccc(Br)cc2c1=O. The van der Waals surface area contributed by atoms with Crippen LogP contribution < -0.4 is 10.9 Å². The third-order valence-electron chi connectivity index (χ3n) is 3.38. The number of hydrogen-bond acceptors (Lipinski definition) is 6. The zero-order chi connectivity index (χ0) is 18.0. The monoisotopic (exact) mass is 438 g/mol. The van der Waals surface area contributed by atoms with Gasteiger partial charge in [-0.15, -0.1) is 11.3 Å². The molecule has 0 saturated carbocycles. The predicted molar refractivity (Wildman–Crippen MR) is 105 cm³/mol. The van der Waals surface area contributed by atoms with Gasteiger partial charge in [-0.05, 0) is 25.1 Å². The van der Waals surface area contributed by atoms with Crippen LogP contribution in [-0.2, 0) is 17.1 Å². The number of amides is 1. The lowest BCUT2D eigenvalue weighted by molar-refractivity contribution is -0.114. The maximum Gasteiger partial charge on any atom is 0.262 e. The highest BCUT2D eigenvalue weighted by atomic mass is 79.9. The highest BCUT2D eigenvalue weighted by Crippen LogP contribution is 2.25. The lowest BCUT2D eigenvalue weighted by Crippen LogP contribution is -2.22. The Kier molecular flexibility index (Phi) is 5.55. The van der Waals surface area contributed by atoms with E-state index < -0.39 is 0 Å². The highest BCUT2D eigenvalue weighted by Gasteiger charge is 2.12. The summed E-state index contributed by atoms with van der Waals surface area (Å²) < 4.78 is 2.52. The number of halogens is 1. The lowest BCUT2D eigenvalue weighted by Gasteiger charge is -2.10. The number of fused-ring (bicyclic) bond motifs is 1. The molecule has 0 spiro atoms. The Labute approximate surface area is 160 Å². The molecule has 130 valence electrons. The molecule has 0 unspecified atom stereocenters. The van der Waals surface area contributed by atoms with Gasteiger partial charge in [-0.25, -0.2) is 9.97 Å². The molecular weight excluding hydrogens is 424 g/mol. The Morgan fingerprint density at radius 3 is 2.92 bits per heavy atom. The van der Waals surface area contributed by atoms with Crippen LogP contribution in [0.25, 0.3) is 10.9 Å².